The summed E-state index contributed by atoms with van der Waals surface area (Å²) in [5.41, 5.74) is 12.9. The van der Waals surface area contributed by atoms with E-state index in [0.29, 0.717) is 11.4 Å². The normalized spacial score (nSPS) is 10.8. The number of aromatic nitrogens is 4. The van der Waals surface area contributed by atoms with E-state index in [0.717, 1.165) is 12.2 Å². The number of carbonyl (C=O) groups is 6. The first-order valence-corrected chi connectivity index (χ1v) is 16.3. The molecule has 0 aliphatic carbocycles. The van der Waals surface area contributed by atoms with Crippen LogP contribution in [-0.4, -0.2) is 78.5 Å². The van der Waals surface area contributed by atoms with Gasteiger partial charge in [0.1, 0.15) is 22.8 Å². The lowest BCUT2D eigenvalue weighted by Gasteiger charge is -2.04. The van der Waals surface area contributed by atoms with Crippen LogP contribution in [0, 0.1) is 10.8 Å². The van der Waals surface area contributed by atoms with Crippen LogP contribution in [0.3, 0.4) is 0 Å². The molecule has 0 atom stereocenters. The van der Waals surface area contributed by atoms with Crippen molar-refractivity contribution in [3.63, 3.8) is 0 Å². The highest BCUT2D eigenvalue weighted by atomic mass is 16.2. The number of nitrogens with zero attached hydrogens (tertiary/aromatic N) is 4. The monoisotopic (exact) mass is 742 g/mol. The molecule has 4 heterocycles. The van der Waals surface area contributed by atoms with Crippen LogP contribution in [0.4, 0.5) is 22.7 Å². The minimum atomic E-state index is -0.644. The fourth-order valence-electron chi connectivity index (χ4n) is 5.15. The molecule has 6 amide bonds. The van der Waals surface area contributed by atoms with Crippen molar-refractivity contribution in [3.05, 3.63) is 84.0 Å². The van der Waals surface area contributed by atoms with Crippen LogP contribution >= 0.6 is 0 Å². The highest BCUT2D eigenvalue weighted by molar-refractivity contribution is 6.09. The number of nitrogens with one attached hydrogen (secondary N) is 8. The average Bonchev–Trinajstić information content (AvgIpc) is 3.84. The van der Waals surface area contributed by atoms with E-state index in [4.69, 9.17) is 22.3 Å². The molecule has 0 unspecified atom stereocenters. The van der Waals surface area contributed by atoms with Crippen molar-refractivity contribution in [2.24, 2.45) is 39.7 Å². The Labute approximate surface area is 308 Å². The van der Waals surface area contributed by atoms with Crippen molar-refractivity contribution < 1.29 is 28.8 Å². The second-order valence-electron chi connectivity index (χ2n) is 12.2. The number of hydrogen-bond acceptors (Lipinski definition) is 8. The molecule has 0 aliphatic rings. The average molecular weight is 743 g/mol. The quantitative estimate of drug-likeness (QED) is 0.0444. The molecule has 0 saturated heterocycles. The summed E-state index contributed by atoms with van der Waals surface area (Å²) < 4.78 is 6.07. The zero-order valence-electron chi connectivity index (χ0n) is 30.0. The second-order valence-corrected chi connectivity index (χ2v) is 12.2. The van der Waals surface area contributed by atoms with Crippen LogP contribution in [0.25, 0.3) is 0 Å². The van der Waals surface area contributed by atoms with Crippen LogP contribution in [-0.2, 0) is 37.8 Å². The molecule has 0 fully saturated rings. The molecule has 20 nitrogen and oxygen atoms in total. The Morgan fingerprint density at radius 3 is 1.09 bits per heavy atom. The highest BCUT2D eigenvalue weighted by Gasteiger charge is 2.19. The molecule has 0 bridgehead atoms. The largest absolute Gasteiger partial charge is 0.388 e. The van der Waals surface area contributed by atoms with Crippen molar-refractivity contribution >= 4 is 69.9 Å². The number of carbonyl (C=O) groups excluding carboxylic acids is 6. The van der Waals surface area contributed by atoms with Gasteiger partial charge in [-0.3, -0.25) is 39.6 Å². The number of hydrogen-bond donors (Lipinski definition) is 10. The third kappa shape index (κ3) is 10.6. The number of anilines is 4. The summed E-state index contributed by atoms with van der Waals surface area (Å²) in [4.78, 5) is 76.1. The van der Waals surface area contributed by atoms with Gasteiger partial charge in [-0.05, 0) is 24.3 Å². The minimum Gasteiger partial charge on any atom is -0.388 e. The zero-order chi connectivity index (χ0) is 39.7. The lowest BCUT2D eigenvalue weighted by Crippen LogP contribution is -2.28. The molecule has 20 heteroatoms. The smallest absolute Gasteiger partial charge is 0.272 e. The van der Waals surface area contributed by atoms with Gasteiger partial charge in [-0.2, -0.15) is 0 Å². The Hall–Kier alpha value is -7.38. The van der Waals surface area contributed by atoms with Crippen LogP contribution in [0.15, 0.2) is 61.2 Å². The fourth-order valence-corrected chi connectivity index (χ4v) is 5.15. The van der Waals surface area contributed by atoms with Gasteiger partial charge in [-0.25, -0.2) is 0 Å². The van der Waals surface area contributed by atoms with Crippen LogP contribution < -0.4 is 43.4 Å². The number of rotatable bonds is 16. The van der Waals surface area contributed by atoms with Crippen molar-refractivity contribution in [2.45, 2.75) is 12.8 Å². The lowest BCUT2D eigenvalue weighted by atomic mass is 10.3. The Morgan fingerprint density at radius 2 is 0.796 bits per heavy atom. The van der Waals surface area contributed by atoms with E-state index in [2.05, 4.69) is 31.9 Å². The summed E-state index contributed by atoms with van der Waals surface area (Å²) >= 11 is 0. The number of amides is 6. The van der Waals surface area contributed by atoms with E-state index in [1.165, 1.54) is 45.8 Å². The summed E-state index contributed by atoms with van der Waals surface area (Å²) in [6.07, 6.45) is 8.59. The Bertz CT molecular complexity index is 2010. The van der Waals surface area contributed by atoms with Gasteiger partial charge in [0.15, 0.2) is 0 Å². The maximum atomic E-state index is 13.0. The van der Waals surface area contributed by atoms with Crippen LogP contribution in [0.1, 0.15) is 54.8 Å². The van der Waals surface area contributed by atoms with Crippen molar-refractivity contribution in [1.82, 2.24) is 28.9 Å². The number of amidine groups is 2. The highest BCUT2D eigenvalue weighted by Crippen LogP contribution is 2.19. The van der Waals surface area contributed by atoms with Crippen molar-refractivity contribution in [1.29, 1.82) is 10.8 Å². The second kappa shape index (κ2) is 17.2. The lowest BCUT2D eigenvalue weighted by molar-refractivity contribution is -0.114. The number of aryl methyl sites for hydroxylation is 4. The van der Waals surface area contributed by atoms with Gasteiger partial charge in [0.2, 0.25) is 11.8 Å². The van der Waals surface area contributed by atoms with E-state index in [9.17, 15) is 28.8 Å². The SMILES string of the molecule is Cn1cc(NC(=O)c2cc(NC(=O)/C=C\C(=O)Nc3cc(C(=O)Nc4cc(C(=O)NCCC(=N)N)n(C)c4)n(C)c3)cn2C)cc1C(=O)NCCC(=N)N. The summed E-state index contributed by atoms with van der Waals surface area (Å²) in [7, 11) is 6.50. The third-order valence-corrected chi connectivity index (χ3v) is 7.75. The summed E-state index contributed by atoms with van der Waals surface area (Å²) in [6.45, 7) is 0.391. The van der Waals surface area contributed by atoms with Gasteiger partial charge in [-0.15, -0.1) is 0 Å². The standard InChI is InChI=1S/C34H42N14O6/c1-45-17-21(13-23(45)31(51)39-9-7-27(35)36)43-33(53)25-11-19(15-47(25)3)41-29(49)5-6-30(50)42-20-12-26(48(4)16-20)34(54)44-22-14-24(46(2)18-22)32(52)40-10-8-28(37)38/h5-6,11-18H,7-10H2,1-4H3,(H3,35,36)(H3,37,38)(H,39,51)(H,40,52)(H,41,49)(H,42,50)(H,43,53)(H,44,54)/b6-5-. The molecule has 0 radical (unpaired) electrons. The Balaban J connectivity index is 1.28. The zero-order valence-corrected chi connectivity index (χ0v) is 30.0. The predicted molar refractivity (Wildman–Crippen MR) is 202 cm³/mol. The predicted octanol–water partition coefficient (Wildman–Crippen LogP) is 0.790. The molecule has 0 spiro atoms. The maximum absolute atomic E-state index is 13.0. The van der Waals surface area contributed by atoms with E-state index in [1.54, 1.807) is 49.7 Å². The third-order valence-electron chi connectivity index (χ3n) is 7.75. The molecule has 0 aliphatic heterocycles. The summed E-state index contributed by atoms with van der Waals surface area (Å²) in [5.74, 6) is -3.18. The van der Waals surface area contributed by atoms with Gasteiger partial charge in [0.05, 0.1) is 34.4 Å². The molecule has 0 aromatic carbocycles. The molecule has 12 N–H and O–H groups in total. The molecule has 54 heavy (non-hydrogen) atoms. The topological polar surface area (TPSA) is 294 Å². The van der Waals surface area contributed by atoms with E-state index < -0.39 is 35.4 Å². The fraction of sp³-hybridized carbons (Fsp3) is 0.235. The molecule has 4 aromatic rings. The summed E-state index contributed by atoms with van der Waals surface area (Å²) in [5, 5.41) is 30.4. The summed E-state index contributed by atoms with van der Waals surface area (Å²) in [6, 6.07) is 5.88. The number of nitrogens with two attached hydrogens (primary N) is 2. The molecular formula is C34H42N14O6. The van der Waals surface area contributed by atoms with Gasteiger partial charge in [-0.1, -0.05) is 0 Å². The molecule has 4 aromatic heterocycles. The Morgan fingerprint density at radius 1 is 0.519 bits per heavy atom. The maximum Gasteiger partial charge on any atom is 0.272 e. The first-order chi connectivity index (χ1) is 25.5. The molecular weight excluding hydrogens is 700 g/mol. The van der Waals surface area contributed by atoms with Crippen molar-refractivity contribution in [2.75, 3.05) is 34.4 Å². The van der Waals surface area contributed by atoms with E-state index in [-0.39, 0.29) is 71.8 Å². The minimum absolute atomic E-state index is 0.0492. The van der Waals surface area contributed by atoms with Crippen molar-refractivity contribution in [3.8, 4) is 0 Å². The van der Waals surface area contributed by atoms with E-state index in [1.807, 2.05) is 0 Å². The van der Waals surface area contributed by atoms with E-state index >= 15 is 0 Å². The van der Waals surface area contributed by atoms with Crippen LogP contribution in [0.2, 0.25) is 0 Å². The first kappa shape index (κ1) is 39.4. The van der Waals surface area contributed by atoms with Gasteiger partial charge < -0.3 is 61.6 Å². The van der Waals surface area contributed by atoms with Gasteiger partial charge >= 0.3 is 0 Å². The molecule has 4 rings (SSSR count). The first-order valence-electron chi connectivity index (χ1n) is 16.3. The Kier molecular flexibility index (Phi) is 12.6. The molecule has 284 valence electrons. The molecule has 0 saturated carbocycles. The van der Waals surface area contributed by atoms with Crippen LogP contribution in [0.5, 0.6) is 0 Å². The van der Waals surface area contributed by atoms with Gasteiger partial charge in [0.25, 0.3) is 23.6 Å². The van der Waals surface area contributed by atoms with Gasteiger partial charge in [0, 0.05) is 91.1 Å².